The van der Waals surface area contributed by atoms with Gasteiger partial charge in [-0.1, -0.05) is 31.2 Å². The second-order valence-corrected chi connectivity index (χ2v) is 9.10. The summed E-state index contributed by atoms with van der Waals surface area (Å²) < 4.78 is 5.96. The molecule has 4 aromatic rings. The number of nitrogens with one attached hydrogen (secondary N) is 1. The van der Waals surface area contributed by atoms with Crippen molar-refractivity contribution in [2.24, 2.45) is 0 Å². The molecule has 2 aromatic carbocycles. The number of nitrogens with zero attached hydrogens (tertiary/aromatic N) is 3. The average molecular weight is 485 g/mol. The van der Waals surface area contributed by atoms with Crippen molar-refractivity contribution in [3.63, 3.8) is 0 Å². The van der Waals surface area contributed by atoms with Gasteiger partial charge in [0.25, 0.3) is 5.91 Å². The van der Waals surface area contributed by atoms with Crippen LogP contribution >= 0.6 is 11.3 Å². The second kappa shape index (κ2) is 9.68. The van der Waals surface area contributed by atoms with E-state index in [1.54, 1.807) is 6.20 Å². The number of carbonyl (C=O) groups excluding carboxylic acids is 2. The van der Waals surface area contributed by atoms with Gasteiger partial charge in [0, 0.05) is 22.8 Å². The van der Waals surface area contributed by atoms with Crippen molar-refractivity contribution < 1.29 is 14.3 Å². The number of ether oxygens (including phenoxy) is 1. The van der Waals surface area contributed by atoms with Gasteiger partial charge in [0.05, 0.1) is 17.1 Å². The SMILES string of the molecule is CCC1Oc2ccc(-c3csc(-c4ccccn4)n3)cc2N(CC(=O)Nc2ccccc2C)C1=O. The molecule has 0 saturated heterocycles. The van der Waals surface area contributed by atoms with E-state index in [0.717, 1.165) is 33.2 Å². The van der Waals surface area contributed by atoms with Gasteiger partial charge in [-0.25, -0.2) is 4.98 Å². The standard InChI is InChI=1S/C27H24N4O3S/c1-3-23-27(33)31(15-25(32)29-19-9-5-4-8-17(19)2)22-14-18(11-12-24(22)34-23)21-16-35-26(30-21)20-10-6-7-13-28-20/h4-14,16,23H,3,15H2,1-2H3,(H,29,32). The zero-order valence-corrected chi connectivity index (χ0v) is 20.2. The summed E-state index contributed by atoms with van der Waals surface area (Å²) in [5, 5.41) is 5.69. The van der Waals surface area contributed by atoms with Crippen LogP contribution in [0, 0.1) is 6.92 Å². The molecule has 3 heterocycles. The van der Waals surface area contributed by atoms with Gasteiger partial charge in [-0.2, -0.15) is 0 Å². The van der Waals surface area contributed by atoms with Crippen LogP contribution in [0.4, 0.5) is 11.4 Å². The quantitative estimate of drug-likeness (QED) is 0.400. The van der Waals surface area contributed by atoms with E-state index in [4.69, 9.17) is 9.72 Å². The Morgan fingerprint density at radius 1 is 1.11 bits per heavy atom. The van der Waals surface area contributed by atoms with Gasteiger partial charge in [0.2, 0.25) is 5.91 Å². The Bertz CT molecular complexity index is 1390. The Hall–Kier alpha value is -4.04. The van der Waals surface area contributed by atoms with E-state index in [0.29, 0.717) is 17.9 Å². The first kappa shape index (κ1) is 22.7. The lowest BCUT2D eigenvalue weighted by molar-refractivity contribution is -0.128. The van der Waals surface area contributed by atoms with E-state index < -0.39 is 6.10 Å². The third-order valence-electron chi connectivity index (χ3n) is 5.84. The molecule has 8 heteroatoms. The Morgan fingerprint density at radius 3 is 2.71 bits per heavy atom. The highest BCUT2D eigenvalue weighted by Gasteiger charge is 2.35. The van der Waals surface area contributed by atoms with Gasteiger partial charge in [-0.15, -0.1) is 11.3 Å². The van der Waals surface area contributed by atoms with Crippen LogP contribution in [-0.4, -0.2) is 34.4 Å². The minimum Gasteiger partial charge on any atom is -0.478 e. The Labute approximate surface area is 207 Å². The van der Waals surface area contributed by atoms with Crippen LogP contribution in [0.3, 0.4) is 0 Å². The number of anilines is 2. The summed E-state index contributed by atoms with van der Waals surface area (Å²) in [6, 6.07) is 18.9. The lowest BCUT2D eigenvalue weighted by Gasteiger charge is -2.34. The number of amides is 2. The third kappa shape index (κ3) is 4.65. The van der Waals surface area contributed by atoms with Crippen LogP contribution < -0.4 is 15.0 Å². The molecule has 5 rings (SSSR count). The van der Waals surface area contributed by atoms with Gasteiger partial charge in [0.15, 0.2) is 6.10 Å². The number of hydrogen-bond acceptors (Lipinski definition) is 6. The summed E-state index contributed by atoms with van der Waals surface area (Å²) in [5.41, 5.74) is 4.65. The van der Waals surface area contributed by atoms with E-state index in [2.05, 4.69) is 10.3 Å². The monoisotopic (exact) mass is 484 g/mol. The van der Waals surface area contributed by atoms with Crippen molar-refractivity contribution in [2.75, 3.05) is 16.8 Å². The summed E-state index contributed by atoms with van der Waals surface area (Å²) in [7, 11) is 0. The van der Waals surface area contributed by atoms with Crippen LogP contribution in [-0.2, 0) is 9.59 Å². The summed E-state index contributed by atoms with van der Waals surface area (Å²) in [4.78, 5) is 36.8. The van der Waals surface area contributed by atoms with Gasteiger partial charge in [-0.05, 0) is 55.3 Å². The maximum atomic E-state index is 13.2. The first-order valence-corrected chi connectivity index (χ1v) is 12.3. The summed E-state index contributed by atoms with van der Waals surface area (Å²) in [6.45, 7) is 3.71. The highest BCUT2D eigenvalue weighted by atomic mass is 32.1. The van der Waals surface area contributed by atoms with E-state index >= 15 is 0 Å². The molecule has 0 aliphatic carbocycles. The molecule has 0 radical (unpaired) electrons. The molecule has 0 bridgehead atoms. The molecule has 35 heavy (non-hydrogen) atoms. The molecule has 1 N–H and O–H groups in total. The van der Waals surface area contributed by atoms with Crippen molar-refractivity contribution in [3.8, 4) is 27.7 Å². The molecule has 1 aliphatic heterocycles. The smallest absolute Gasteiger partial charge is 0.268 e. The number of hydrogen-bond donors (Lipinski definition) is 1. The number of aryl methyl sites for hydroxylation is 1. The summed E-state index contributed by atoms with van der Waals surface area (Å²) in [6.07, 6.45) is 1.62. The van der Waals surface area contributed by atoms with Gasteiger partial charge < -0.3 is 10.1 Å². The molecule has 2 amide bonds. The zero-order valence-electron chi connectivity index (χ0n) is 19.4. The largest absolute Gasteiger partial charge is 0.478 e. The number of pyridine rings is 1. The van der Waals surface area contributed by atoms with Crippen molar-refractivity contribution in [1.82, 2.24) is 9.97 Å². The highest BCUT2D eigenvalue weighted by molar-refractivity contribution is 7.13. The summed E-state index contributed by atoms with van der Waals surface area (Å²) >= 11 is 1.50. The number of thiazole rings is 1. The fraction of sp³-hybridized carbons (Fsp3) is 0.185. The maximum absolute atomic E-state index is 13.2. The molecule has 0 spiro atoms. The van der Waals surface area contributed by atoms with Crippen LogP contribution in [0.1, 0.15) is 18.9 Å². The molecular weight excluding hydrogens is 460 g/mol. The van der Waals surface area contributed by atoms with Crippen molar-refractivity contribution in [1.29, 1.82) is 0 Å². The van der Waals surface area contributed by atoms with Gasteiger partial charge >= 0.3 is 0 Å². The van der Waals surface area contributed by atoms with E-state index in [-0.39, 0.29) is 18.4 Å². The average Bonchev–Trinajstić information content (AvgIpc) is 3.38. The fourth-order valence-electron chi connectivity index (χ4n) is 3.96. The van der Waals surface area contributed by atoms with Gasteiger partial charge in [0.1, 0.15) is 17.3 Å². The van der Waals surface area contributed by atoms with E-state index in [1.807, 2.05) is 79.9 Å². The molecule has 1 atom stereocenters. The Balaban J connectivity index is 1.45. The fourth-order valence-corrected chi connectivity index (χ4v) is 4.77. The van der Waals surface area contributed by atoms with Crippen LogP contribution in [0.25, 0.3) is 22.0 Å². The number of benzene rings is 2. The lowest BCUT2D eigenvalue weighted by atomic mass is 10.1. The number of carbonyl (C=O) groups is 2. The maximum Gasteiger partial charge on any atom is 0.268 e. The predicted octanol–water partition coefficient (Wildman–Crippen LogP) is 5.32. The number of rotatable bonds is 6. The number of para-hydroxylation sites is 1. The minimum atomic E-state index is -0.630. The van der Waals surface area contributed by atoms with Crippen LogP contribution in [0.15, 0.2) is 72.2 Å². The normalized spacial score (nSPS) is 14.9. The molecule has 7 nitrogen and oxygen atoms in total. The third-order valence-corrected chi connectivity index (χ3v) is 6.70. The molecule has 176 valence electrons. The van der Waals surface area contributed by atoms with Crippen LogP contribution in [0.5, 0.6) is 5.75 Å². The predicted molar refractivity (Wildman–Crippen MR) is 138 cm³/mol. The lowest BCUT2D eigenvalue weighted by Crippen LogP contribution is -2.48. The Kier molecular flexibility index (Phi) is 6.29. The number of fused-ring (bicyclic) bond motifs is 1. The second-order valence-electron chi connectivity index (χ2n) is 8.24. The Morgan fingerprint density at radius 2 is 1.94 bits per heavy atom. The molecule has 1 unspecified atom stereocenters. The molecule has 1 aliphatic rings. The summed E-state index contributed by atoms with van der Waals surface area (Å²) in [5.74, 6) is 0.0699. The number of aromatic nitrogens is 2. The topological polar surface area (TPSA) is 84.4 Å². The van der Waals surface area contributed by atoms with Crippen molar-refractivity contribution in [2.45, 2.75) is 26.4 Å². The van der Waals surface area contributed by atoms with Crippen molar-refractivity contribution in [3.05, 3.63) is 77.8 Å². The minimum absolute atomic E-state index is 0.111. The first-order chi connectivity index (χ1) is 17.0. The van der Waals surface area contributed by atoms with E-state index in [9.17, 15) is 9.59 Å². The first-order valence-electron chi connectivity index (χ1n) is 11.4. The van der Waals surface area contributed by atoms with Crippen LogP contribution in [0.2, 0.25) is 0 Å². The molecule has 2 aromatic heterocycles. The van der Waals surface area contributed by atoms with Crippen molar-refractivity contribution >= 4 is 34.5 Å². The molecule has 0 saturated carbocycles. The van der Waals surface area contributed by atoms with E-state index in [1.165, 1.54) is 16.2 Å². The zero-order chi connectivity index (χ0) is 24.4. The molecule has 0 fully saturated rings. The van der Waals surface area contributed by atoms with Gasteiger partial charge in [-0.3, -0.25) is 19.5 Å². The molecular formula is C27H24N4O3S. The highest BCUT2D eigenvalue weighted by Crippen LogP contribution is 2.39.